The number of benzene rings is 2. The minimum absolute atomic E-state index is 0.00150. The summed E-state index contributed by atoms with van der Waals surface area (Å²) < 4.78 is 10.5. The predicted molar refractivity (Wildman–Crippen MR) is 114 cm³/mol. The Morgan fingerprint density at radius 2 is 2.00 bits per heavy atom. The van der Waals surface area contributed by atoms with Gasteiger partial charge in [-0.25, -0.2) is 4.79 Å². The largest absolute Gasteiger partial charge is 0.493 e. The lowest BCUT2D eigenvalue weighted by molar-refractivity contribution is -0.139. The number of carboxylic acids is 1. The molecule has 0 saturated carbocycles. The standard InChI is InChI=1S/C20H15Cl2NO6S/c1-28-15-4-2-3-11(18(15)29-10-17(24)25)7-16-19(26)23(20(27)30-16)9-12-5-6-13(21)8-14(12)22/h2-8H,9-10H2,1H3,(H,24,25)/b16-7-. The van der Waals surface area contributed by atoms with Crippen molar-refractivity contribution in [2.75, 3.05) is 13.7 Å². The number of hydrogen-bond acceptors (Lipinski definition) is 6. The van der Waals surface area contributed by atoms with E-state index in [1.54, 1.807) is 30.3 Å². The maximum atomic E-state index is 12.8. The Morgan fingerprint density at radius 1 is 1.23 bits per heavy atom. The van der Waals surface area contributed by atoms with Crippen LogP contribution in [0.15, 0.2) is 41.3 Å². The van der Waals surface area contributed by atoms with E-state index in [-0.39, 0.29) is 17.2 Å². The number of nitrogens with zero attached hydrogens (tertiary/aromatic N) is 1. The van der Waals surface area contributed by atoms with Crippen molar-refractivity contribution in [2.24, 2.45) is 0 Å². The molecule has 2 aromatic rings. The van der Waals surface area contributed by atoms with Gasteiger partial charge in [0.25, 0.3) is 11.1 Å². The van der Waals surface area contributed by atoms with Gasteiger partial charge in [-0.1, -0.05) is 41.4 Å². The molecule has 1 heterocycles. The maximum Gasteiger partial charge on any atom is 0.341 e. The van der Waals surface area contributed by atoms with E-state index in [1.807, 2.05) is 0 Å². The second kappa shape index (κ2) is 9.42. The van der Waals surface area contributed by atoms with Gasteiger partial charge in [0.1, 0.15) is 0 Å². The Hall–Kier alpha value is -2.68. The number of thioether (sulfide) groups is 1. The van der Waals surface area contributed by atoms with Crippen LogP contribution in [0.4, 0.5) is 4.79 Å². The van der Waals surface area contributed by atoms with Gasteiger partial charge in [-0.15, -0.1) is 0 Å². The average Bonchev–Trinajstić information content (AvgIpc) is 2.95. The van der Waals surface area contributed by atoms with Crippen molar-refractivity contribution in [3.63, 3.8) is 0 Å². The summed E-state index contributed by atoms with van der Waals surface area (Å²) in [6, 6.07) is 9.70. The molecule has 2 aromatic carbocycles. The summed E-state index contributed by atoms with van der Waals surface area (Å²) >= 11 is 12.8. The normalized spacial score (nSPS) is 15.0. The number of para-hydroxylation sites is 1. The fourth-order valence-electron chi connectivity index (χ4n) is 2.69. The van der Waals surface area contributed by atoms with E-state index in [2.05, 4.69) is 0 Å². The number of hydrogen-bond donors (Lipinski definition) is 1. The van der Waals surface area contributed by atoms with Crippen LogP contribution in [0.1, 0.15) is 11.1 Å². The highest BCUT2D eigenvalue weighted by Crippen LogP contribution is 2.38. The summed E-state index contributed by atoms with van der Waals surface area (Å²) in [5, 5.41) is 9.24. The molecule has 0 aromatic heterocycles. The molecule has 156 valence electrons. The lowest BCUT2D eigenvalue weighted by atomic mass is 10.1. The molecular weight excluding hydrogens is 453 g/mol. The van der Waals surface area contributed by atoms with E-state index in [1.165, 1.54) is 19.3 Å². The minimum atomic E-state index is -1.16. The van der Waals surface area contributed by atoms with Crippen molar-refractivity contribution in [3.05, 3.63) is 62.5 Å². The maximum absolute atomic E-state index is 12.8. The minimum Gasteiger partial charge on any atom is -0.493 e. The number of carbonyl (C=O) groups excluding carboxylic acids is 2. The molecule has 0 unspecified atom stereocenters. The van der Waals surface area contributed by atoms with E-state index in [0.29, 0.717) is 26.9 Å². The SMILES string of the molecule is COc1cccc(/C=C2\SC(=O)N(Cc3ccc(Cl)cc3Cl)C2=O)c1OCC(=O)O. The van der Waals surface area contributed by atoms with Crippen LogP contribution in [-0.2, 0) is 16.1 Å². The molecule has 1 fully saturated rings. The zero-order valence-electron chi connectivity index (χ0n) is 15.6. The quantitative estimate of drug-likeness (QED) is 0.589. The molecule has 1 N–H and O–H groups in total. The number of ether oxygens (including phenoxy) is 2. The van der Waals surface area contributed by atoms with Crippen molar-refractivity contribution in [1.29, 1.82) is 0 Å². The van der Waals surface area contributed by atoms with Crippen LogP contribution in [0.25, 0.3) is 6.08 Å². The first-order valence-corrected chi connectivity index (χ1v) is 10.1. The fourth-order valence-corrected chi connectivity index (χ4v) is 3.99. The van der Waals surface area contributed by atoms with Crippen LogP contribution in [0.5, 0.6) is 11.5 Å². The zero-order valence-corrected chi connectivity index (χ0v) is 17.9. The first-order valence-electron chi connectivity index (χ1n) is 8.51. The molecule has 0 atom stereocenters. The van der Waals surface area contributed by atoms with E-state index in [0.717, 1.165) is 16.7 Å². The van der Waals surface area contributed by atoms with Crippen LogP contribution in [0.3, 0.4) is 0 Å². The molecule has 1 saturated heterocycles. The Bertz CT molecular complexity index is 1060. The Morgan fingerprint density at radius 3 is 2.67 bits per heavy atom. The lowest BCUT2D eigenvalue weighted by Crippen LogP contribution is -2.27. The Labute approximate surface area is 186 Å². The van der Waals surface area contributed by atoms with Gasteiger partial charge in [-0.3, -0.25) is 14.5 Å². The lowest BCUT2D eigenvalue weighted by Gasteiger charge is -2.14. The van der Waals surface area contributed by atoms with Crippen LogP contribution in [0, 0.1) is 0 Å². The molecule has 10 heteroatoms. The van der Waals surface area contributed by atoms with Gasteiger partial charge >= 0.3 is 5.97 Å². The Kier molecular flexibility index (Phi) is 6.91. The first kappa shape index (κ1) is 22.0. The van der Waals surface area contributed by atoms with Crippen LogP contribution < -0.4 is 9.47 Å². The van der Waals surface area contributed by atoms with Crippen LogP contribution in [0.2, 0.25) is 10.0 Å². The smallest absolute Gasteiger partial charge is 0.341 e. The zero-order chi connectivity index (χ0) is 21.8. The number of amides is 2. The van der Waals surface area contributed by atoms with E-state index >= 15 is 0 Å². The van der Waals surface area contributed by atoms with Crippen molar-refractivity contribution in [1.82, 2.24) is 4.90 Å². The third-order valence-corrected chi connectivity index (χ3v) is 5.57. The summed E-state index contributed by atoms with van der Waals surface area (Å²) in [6.07, 6.45) is 1.47. The first-order chi connectivity index (χ1) is 14.3. The predicted octanol–water partition coefficient (Wildman–Crippen LogP) is 4.70. The summed E-state index contributed by atoms with van der Waals surface area (Å²) in [4.78, 5) is 37.3. The fraction of sp³-hybridized carbons (Fsp3) is 0.150. The van der Waals surface area contributed by atoms with Crippen molar-refractivity contribution >= 4 is 58.2 Å². The van der Waals surface area contributed by atoms with Gasteiger partial charge in [-0.05, 0) is 41.6 Å². The third kappa shape index (κ3) is 4.89. The third-order valence-electron chi connectivity index (χ3n) is 4.07. The van der Waals surface area contributed by atoms with E-state index in [9.17, 15) is 14.4 Å². The summed E-state index contributed by atoms with van der Waals surface area (Å²) in [7, 11) is 1.41. The van der Waals surface area contributed by atoms with Gasteiger partial charge in [0, 0.05) is 15.6 Å². The summed E-state index contributed by atoms with van der Waals surface area (Å²) in [5.41, 5.74) is 0.988. The van der Waals surface area contributed by atoms with Crippen LogP contribution in [-0.4, -0.2) is 40.8 Å². The Balaban J connectivity index is 1.89. The number of methoxy groups -OCH3 is 1. The van der Waals surface area contributed by atoms with Gasteiger partial charge in [0.15, 0.2) is 18.1 Å². The second-order valence-corrected chi connectivity index (χ2v) is 7.90. The molecule has 0 aliphatic carbocycles. The second-order valence-electron chi connectivity index (χ2n) is 6.06. The molecule has 3 rings (SSSR count). The highest BCUT2D eigenvalue weighted by atomic mass is 35.5. The molecule has 0 spiro atoms. The van der Waals surface area contributed by atoms with Gasteiger partial charge in [0.05, 0.1) is 18.6 Å². The highest BCUT2D eigenvalue weighted by Gasteiger charge is 2.35. The topological polar surface area (TPSA) is 93.1 Å². The van der Waals surface area contributed by atoms with E-state index < -0.39 is 23.7 Å². The number of aliphatic carboxylic acids is 1. The number of rotatable bonds is 7. The summed E-state index contributed by atoms with van der Waals surface area (Å²) in [6.45, 7) is -0.587. The number of carbonyl (C=O) groups is 3. The molecule has 1 aliphatic rings. The highest BCUT2D eigenvalue weighted by molar-refractivity contribution is 8.18. The van der Waals surface area contributed by atoms with Crippen LogP contribution >= 0.6 is 35.0 Å². The molecule has 7 nitrogen and oxygen atoms in total. The molecule has 0 bridgehead atoms. The number of imide groups is 1. The van der Waals surface area contributed by atoms with Gasteiger partial charge in [-0.2, -0.15) is 0 Å². The monoisotopic (exact) mass is 467 g/mol. The molecular formula is C20H15Cl2NO6S. The molecule has 30 heavy (non-hydrogen) atoms. The van der Waals surface area contributed by atoms with Gasteiger partial charge < -0.3 is 14.6 Å². The number of halogens is 2. The van der Waals surface area contributed by atoms with Crippen molar-refractivity contribution in [2.45, 2.75) is 6.54 Å². The average molecular weight is 468 g/mol. The molecule has 1 aliphatic heterocycles. The van der Waals surface area contributed by atoms with Crippen molar-refractivity contribution in [3.8, 4) is 11.5 Å². The van der Waals surface area contributed by atoms with Gasteiger partial charge in [0.2, 0.25) is 0 Å². The number of carboxylic acid groups (broad SMARTS) is 1. The van der Waals surface area contributed by atoms with Crippen molar-refractivity contribution < 1.29 is 29.0 Å². The molecule has 2 amide bonds. The summed E-state index contributed by atoms with van der Waals surface area (Å²) in [5.74, 6) is -1.19. The molecule has 0 radical (unpaired) electrons. The van der Waals surface area contributed by atoms with E-state index in [4.69, 9.17) is 37.8 Å².